The van der Waals surface area contributed by atoms with Gasteiger partial charge in [0.1, 0.15) is 0 Å². The van der Waals surface area contributed by atoms with Crippen LogP contribution in [0.25, 0.3) is 0 Å². The fourth-order valence-corrected chi connectivity index (χ4v) is 11.6. The first kappa shape index (κ1) is 29.3. The summed E-state index contributed by atoms with van der Waals surface area (Å²) in [6.07, 6.45) is 2.79. The number of benzene rings is 5. The van der Waals surface area contributed by atoms with E-state index in [1.807, 2.05) is 6.07 Å². The number of likely N-dealkylation sites (tertiary alicyclic amines) is 1. The van der Waals surface area contributed by atoms with Crippen molar-refractivity contribution in [2.45, 2.75) is 24.5 Å². The Morgan fingerprint density at radius 1 is 0.628 bits per heavy atom. The van der Waals surface area contributed by atoms with Crippen molar-refractivity contribution in [1.82, 2.24) is 10.2 Å². The molecule has 6 rings (SSSR count). The summed E-state index contributed by atoms with van der Waals surface area (Å²) in [4.78, 5) is 16.1. The second-order valence-electron chi connectivity index (χ2n) is 11.0. The lowest BCUT2D eigenvalue weighted by molar-refractivity contribution is 0.197. The van der Waals surface area contributed by atoms with E-state index in [4.69, 9.17) is 0 Å². The van der Waals surface area contributed by atoms with Crippen LogP contribution in [0.15, 0.2) is 152 Å². The monoisotopic (exact) mass is 600 g/mol. The van der Waals surface area contributed by atoms with Crippen molar-refractivity contribution in [3.05, 3.63) is 157 Å². The van der Waals surface area contributed by atoms with Crippen LogP contribution in [0.4, 0.5) is 4.79 Å². The molecule has 216 valence electrons. The Bertz CT molecular complexity index is 1470. The van der Waals surface area contributed by atoms with Crippen LogP contribution in [0.5, 0.6) is 0 Å². The summed E-state index contributed by atoms with van der Waals surface area (Å²) in [5.41, 5.74) is 1.63. The minimum absolute atomic E-state index is 0.0653. The average molecular weight is 601 g/mol. The van der Waals surface area contributed by atoms with Gasteiger partial charge in [-0.2, -0.15) is 0 Å². The van der Waals surface area contributed by atoms with E-state index in [0.717, 1.165) is 25.5 Å². The van der Waals surface area contributed by atoms with Gasteiger partial charge in [0.25, 0.3) is 0 Å². The van der Waals surface area contributed by atoms with Crippen LogP contribution in [0.1, 0.15) is 12.0 Å². The molecular formula is C38H38N2OP2. The number of nitrogens with zero attached hydrogens (tertiary/aromatic N) is 1. The summed E-state index contributed by atoms with van der Waals surface area (Å²) in [5.74, 6) is 0. The highest BCUT2D eigenvalue weighted by molar-refractivity contribution is 7.74. The number of nitrogens with one attached hydrogen (secondary N) is 1. The summed E-state index contributed by atoms with van der Waals surface area (Å²) < 4.78 is 0. The Kier molecular flexibility index (Phi) is 9.96. The summed E-state index contributed by atoms with van der Waals surface area (Å²) >= 11 is 0. The van der Waals surface area contributed by atoms with Crippen molar-refractivity contribution in [2.24, 2.45) is 0 Å². The molecule has 1 N–H and O–H groups in total. The predicted molar refractivity (Wildman–Crippen MR) is 185 cm³/mol. The smallest absolute Gasteiger partial charge is 0.317 e. The number of urea groups is 1. The lowest BCUT2D eigenvalue weighted by atomic mass is 10.1. The Hall–Kier alpha value is -3.77. The molecule has 1 aliphatic rings. The molecule has 0 bridgehead atoms. The Balaban J connectivity index is 1.30. The Morgan fingerprint density at radius 2 is 1.07 bits per heavy atom. The van der Waals surface area contributed by atoms with Gasteiger partial charge in [-0.05, 0) is 61.6 Å². The lowest BCUT2D eigenvalue weighted by Crippen LogP contribution is -2.45. The van der Waals surface area contributed by atoms with Gasteiger partial charge in [0.05, 0.1) is 0 Å². The SMILES string of the molecule is O=C(NCCc1ccccc1)N1CC(P(c2ccccc2)c2ccccc2)CC1CP(c1ccccc1)c1ccccc1. The molecule has 0 radical (unpaired) electrons. The molecule has 3 nitrogen and oxygen atoms in total. The number of hydrogen-bond acceptors (Lipinski definition) is 1. The Morgan fingerprint density at radius 3 is 1.56 bits per heavy atom. The van der Waals surface area contributed by atoms with E-state index in [2.05, 4.69) is 156 Å². The number of hydrogen-bond donors (Lipinski definition) is 1. The van der Waals surface area contributed by atoms with Gasteiger partial charge in [-0.1, -0.05) is 152 Å². The highest BCUT2D eigenvalue weighted by atomic mass is 31.1. The molecule has 5 aromatic carbocycles. The van der Waals surface area contributed by atoms with E-state index >= 15 is 0 Å². The van der Waals surface area contributed by atoms with Gasteiger partial charge in [0, 0.05) is 24.8 Å². The van der Waals surface area contributed by atoms with Crippen molar-refractivity contribution in [2.75, 3.05) is 19.3 Å². The third-order valence-electron chi connectivity index (χ3n) is 8.15. The van der Waals surface area contributed by atoms with Gasteiger partial charge in [0.15, 0.2) is 0 Å². The van der Waals surface area contributed by atoms with Gasteiger partial charge in [0.2, 0.25) is 0 Å². The number of rotatable bonds is 10. The average Bonchev–Trinajstić information content (AvgIpc) is 3.49. The topological polar surface area (TPSA) is 32.3 Å². The fraction of sp³-hybridized carbons (Fsp3) is 0.184. The molecule has 2 amide bonds. The van der Waals surface area contributed by atoms with Crippen LogP contribution in [-0.4, -0.2) is 41.9 Å². The highest BCUT2D eigenvalue weighted by Gasteiger charge is 2.41. The quantitative estimate of drug-likeness (QED) is 0.179. The highest BCUT2D eigenvalue weighted by Crippen LogP contribution is 2.47. The van der Waals surface area contributed by atoms with Crippen molar-refractivity contribution in [1.29, 1.82) is 0 Å². The van der Waals surface area contributed by atoms with Crippen molar-refractivity contribution < 1.29 is 4.79 Å². The molecule has 5 aromatic rings. The van der Waals surface area contributed by atoms with E-state index in [0.29, 0.717) is 12.2 Å². The third-order valence-corrected chi connectivity index (χ3v) is 13.6. The lowest BCUT2D eigenvalue weighted by Gasteiger charge is -2.29. The van der Waals surface area contributed by atoms with Crippen LogP contribution in [-0.2, 0) is 6.42 Å². The molecule has 2 atom stereocenters. The third kappa shape index (κ3) is 7.42. The molecule has 43 heavy (non-hydrogen) atoms. The van der Waals surface area contributed by atoms with Crippen LogP contribution in [0, 0.1) is 0 Å². The second-order valence-corrected chi connectivity index (χ2v) is 15.7. The van der Waals surface area contributed by atoms with Gasteiger partial charge < -0.3 is 10.2 Å². The van der Waals surface area contributed by atoms with Crippen LogP contribution in [0.2, 0.25) is 0 Å². The van der Waals surface area contributed by atoms with Crippen molar-refractivity contribution in [3.63, 3.8) is 0 Å². The van der Waals surface area contributed by atoms with Crippen molar-refractivity contribution in [3.8, 4) is 0 Å². The van der Waals surface area contributed by atoms with Crippen molar-refractivity contribution >= 4 is 43.1 Å². The molecule has 1 aliphatic heterocycles. The molecule has 1 heterocycles. The zero-order valence-corrected chi connectivity index (χ0v) is 26.2. The summed E-state index contributed by atoms with van der Waals surface area (Å²) in [6.45, 7) is 1.40. The van der Waals surface area contributed by atoms with Crippen LogP contribution in [0.3, 0.4) is 0 Å². The second kappa shape index (κ2) is 14.6. The van der Waals surface area contributed by atoms with Gasteiger partial charge in [-0.25, -0.2) is 4.79 Å². The molecule has 1 saturated heterocycles. The normalized spacial score (nSPS) is 16.5. The van der Waals surface area contributed by atoms with E-state index in [9.17, 15) is 4.79 Å². The van der Waals surface area contributed by atoms with E-state index in [1.54, 1.807) is 0 Å². The summed E-state index contributed by atoms with van der Waals surface area (Å²) in [7, 11) is -1.25. The fourth-order valence-electron chi connectivity index (χ4n) is 6.10. The van der Waals surface area contributed by atoms with Gasteiger partial charge in [-0.3, -0.25) is 0 Å². The molecule has 1 fully saturated rings. The molecule has 2 unspecified atom stereocenters. The molecule has 0 aromatic heterocycles. The Labute approximate surface area is 258 Å². The van der Waals surface area contributed by atoms with Gasteiger partial charge >= 0.3 is 6.03 Å². The zero-order chi connectivity index (χ0) is 29.3. The van der Waals surface area contributed by atoms with E-state index in [-0.39, 0.29) is 12.1 Å². The van der Waals surface area contributed by atoms with Crippen LogP contribution < -0.4 is 26.5 Å². The minimum atomic E-state index is -0.627. The van der Waals surface area contributed by atoms with E-state index < -0.39 is 15.8 Å². The predicted octanol–water partition coefficient (Wildman–Crippen LogP) is 6.65. The zero-order valence-electron chi connectivity index (χ0n) is 24.4. The summed E-state index contributed by atoms with van der Waals surface area (Å²) in [6, 6.07) is 54.3. The van der Waals surface area contributed by atoms with Gasteiger partial charge in [-0.15, -0.1) is 0 Å². The molecular weight excluding hydrogens is 562 g/mol. The maximum atomic E-state index is 14.0. The first-order chi connectivity index (χ1) is 21.3. The number of carbonyl (C=O) groups is 1. The minimum Gasteiger partial charge on any atom is -0.338 e. The largest absolute Gasteiger partial charge is 0.338 e. The maximum absolute atomic E-state index is 14.0. The summed E-state index contributed by atoms with van der Waals surface area (Å²) in [5, 5.41) is 8.79. The first-order valence-corrected chi connectivity index (χ1v) is 18.1. The first-order valence-electron chi connectivity index (χ1n) is 15.1. The van der Waals surface area contributed by atoms with Crippen LogP contribution >= 0.6 is 15.8 Å². The molecule has 0 aliphatic carbocycles. The van der Waals surface area contributed by atoms with E-state index in [1.165, 1.54) is 26.8 Å². The molecule has 0 spiro atoms. The maximum Gasteiger partial charge on any atom is 0.317 e. The number of amides is 2. The standard InChI is InChI=1S/C38H38N2OP2/c41-38(39-27-26-31-16-6-1-7-17-31)40-29-37(43(35-22-12-4-13-23-35)36-24-14-5-15-25-36)28-32(40)30-42(33-18-8-2-9-19-33)34-20-10-3-11-21-34/h1-25,32,37H,26-30H2,(H,39,41). The molecule has 5 heteroatoms. The number of carbonyl (C=O) groups excluding carboxylic acids is 1. The molecule has 0 saturated carbocycles.